The first-order valence-corrected chi connectivity index (χ1v) is 5.99. The van der Waals surface area contributed by atoms with Crippen LogP contribution in [0.15, 0.2) is 15.9 Å². The first kappa shape index (κ1) is 11.2. The maximum Gasteiger partial charge on any atom is 0.0516 e. The van der Waals surface area contributed by atoms with E-state index in [1.165, 1.54) is 4.88 Å². The molecule has 1 unspecified atom stereocenters. The number of nitrogens with two attached hydrogens (primary N) is 1. The lowest BCUT2D eigenvalue weighted by molar-refractivity contribution is 0.541. The molecule has 0 spiro atoms. The van der Waals surface area contributed by atoms with Gasteiger partial charge in [0.1, 0.15) is 0 Å². The molecule has 0 aliphatic heterocycles. The summed E-state index contributed by atoms with van der Waals surface area (Å²) in [7, 11) is 0. The maximum atomic E-state index is 5.98. The third-order valence-electron chi connectivity index (χ3n) is 1.70. The van der Waals surface area contributed by atoms with E-state index < -0.39 is 0 Å². The topological polar surface area (TPSA) is 38.0 Å². The van der Waals surface area contributed by atoms with E-state index in [-0.39, 0.29) is 6.04 Å². The SMILES string of the molecule is CC(C)NCC(N)c1cc(Br)cs1. The summed E-state index contributed by atoms with van der Waals surface area (Å²) >= 11 is 5.11. The van der Waals surface area contributed by atoms with Crippen LogP contribution in [-0.4, -0.2) is 12.6 Å². The fraction of sp³-hybridized carbons (Fsp3) is 0.556. The Balaban J connectivity index is 2.44. The van der Waals surface area contributed by atoms with Gasteiger partial charge in [0.15, 0.2) is 0 Å². The molecule has 0 aliphatic carbocycles. The van der Waals surface area contributed by atoms with Crippen LogP contribution >= 0.6 is 27.3 Å². The smallest absolute Gasteiger partial charge is 0.0516 e. The van der Waals surface area contributed by atoms with E-state index >= 15 is 0 Å². The van der Waals surface area contributed by atoms with E-state index in [1.807, 2.05) is 0 Å². The second-order valence-electron chi connectivity index (χ2n) is 3.34. The summed E-state index contributed by atoms with van der Waals surface area (Å²) in [6.45, 7) is 5.08. The van der Waals surface area contributed by atoms with E-state index in [0.717, 1.165) is 11.0 Å². The summed E-state index contributed by atoms with van der Waals surface area (Å²) in [6, 6.07) is 2.69. The Kier molecular flexibility index (Phi) is 4.38. The number of halogens is 1. The molecule has 1 rings (SSSR count). The van der Waals surface area contributed by atoms with Gasteiger partial charge < -0.3 is 11.1 Å². The molecule has 1 heterocycles. The molecule has 4 heteroatoms. The summed E-state index contributed by atoms with van der Waals surface area (Å²) in [4.78, 5) is 1.22. The molecule has 0 saturated heterocycles. The first-order valence-electron chi connectivity index (χ1n) is 4.32. The summed E-state index contributed by atoms with van der Waals surface area (Å²) in [6.07, 6.45) is 0. The molecule has 2 nitrogen and oxygen atoms in total. The fourth-order valence-electron chi connectivity index (χ4n) is 0.986. The average Bonchev–Trinajstić information content (AvgIpc) is 2.47. The van der Waals surface area contributed by atoms with Crippen molar-refractivity contribution in [2.45, 2.75) is 25.9 Å². The maximum absolute atomic E-state index is 5.98. The summed E-state index contributed by atoms with van der Waals surface area (Å²) in [5.74, 6) is 0. The predicted molar refractivity (Wildman–Crippen MR) is 62.1 cm³/mol. The van der Waals surface area contributed by atoms with Gasteiger partial charge in [0.2, 0.25) is 0 Å². The van der Waals surface area contributed by atoms with Gasteiger partial charge in [0, 0.05) is 27.3 Å². The van der Waals surface area contributed by atoms with Crippen LogP contribution in [0.4, 0.5) is 0 Å². The van der Waals surface area contributed by atoms with Gasteiger partial charge >= 0.3 is 0 Å². The third kappa shape index (κ3) is 3.77. The van der Waals surface area contributed by atoms with Crippen molar-refractivity contribution >= 4 is 27.3 Å². The van der Waals surface area contributed by atoms with E-state index in [2.05, 4.69) is 46.5 Å². The molecule has 1 aromatic heterocycles. The van der Waals surface area contributed by atoms with Crippen LogP contribution in [0, 0.1) is 0 Å². The van der Waals surface area contributed by atoms with Gasteiger partial charge in [0.25, 0.3) is 0 Å². The summed E-state index contributed by atoms with van der Waals surface area (Å²) in [5.41, 5.74) is 5.98. The van der Waals surface area contributed by atoms with Crippen LogP contribution in [0.25, 0.3) is 0 Å². The quantitative estimate of drug-likeness (QED) is 0.876. The summed E-state index contributed by atoms with van der Waals surface area (Å²) < 4.78 is 1.12. The molecule has 0 fully saturated rings. The molecule has 13 heavy (non-hydrogen) atoms. The Hall–Kier alpha value is 0.1000. The normalized spacial score (nSPS) is 13.6. The van der Waals surface area contributed by atoms with Crippen LogP contribution in [-0.2, 0) is 0 Å². The van der Waals surface area contributed by atoms with Crippen molar-refractivity contribution in [3.8, 4) is 0 Å². The zero-order valence-corrected chi connectivity index (χ0v) is 10.3. The van der Waals surface area contributed by atoms with Crippen LogP contribution in [0.5, 0.6) is 0 Å². The van der Waals surface area contributed by atoms with E-state index in [1.54, 1.807) is 11.3 Å². The molecule has 3 N–H and O–H groups in total. The number of nitrogens with one attached hydrogen (secondary N) is 1. The van der Waals surface area contributed by atoms with Crippen molar-refractivity contribution in [3.05, 3.63) is 20.8 Å². The van der Waals surface area contributed by atoms with Gasteiger partial charge in [-0.25, -0.2) is 0 Å². The number of thiophene rings is 1. The van der Waals surface area contributed by atoms with Crippen LogP contribution in [0.3, 0.4) is 0 Å². The number of hydrogen-bond donors (Lipinski definition) is 2. The minimum Gasteiger partial charge on any atom is -0.322 e. The standard InChI is InChI=1S/C9H15BrN2S/c1-6(2)12-4-8(11)9-3-7(10)5-13-9/h3,5-6,8,12H,4,11H2,1-2H3. The molecule has 0 radical (unpaired) electrons. The summed E-state index contributed by atoms with van der Waals surface area (Å²) in [5, 5.41) is 5.38. The van der Waals surface area contributed by atoms with Crippen LogP contribution < -0.4 is 11.1 Å². The van der Waals surface area contributed by atoms with Gasteiger partial charge in [-0.1, -0.05) is 13.8 Å². The van der Waals surface area contributed by atoms with E-state index in [9.17, 15) is 0 Å². The highest BCUT2D eigenvalue weighted by Crippen LogP contribution is 2.23. The monoisotopic (exact) mass is 262 g/mol. The third-order valence-corrected chi connectivity index (χ3v) is 3.52. The largest absolute Gasteiger partial charge is 0.322 e. The molecular formula is C9H15BrN2S. The van der Waals surface area contributed by atoms with Gasteiger partial charge in [-0.05, 0) is 22.0 Å². The second kappa shape index (κ2) is 5.10. The number of hydrogen-bond acceptors (Lipinski definition) is 3. The van der Waals surface area contributed by atoms with Crippen molar-refractivity contribution in [2.24, 2.45) is 5.73 Å². The molecule has 1 aromatic rings. The molecule has 0 bridgehead atoms. The second-order valence-corrected chi connectivity index (χ2v) is 5.20. The average molecular weight is 263 g/mol. The van der Waals surface area contributed by atoms with E-state index in [4.69, 9.17) is 5.73 Å². The van der Waals surface area contributed by atoms with Crippen molar-refractivity contribution in [2.75, 3.05) is 6.54 Å². The lowest BCUT2D eigenvalue weighted by Gasteiger charge is -2.13. The lowest BCUT2D eigenvalue weighted by atomic mass is 10.2. The first-order chi connectivity index (χ1) is 6.09. The van der Waals surface area contributed by atoms with E-state index in [0.29, 0.717) is 6.04 Å². The minimum absolute atomic E-state index is 0.110. The zero-order valence-electron chi connectivity index (χ0n) is 7.88. The Labute approximate surface area is 91.7 Å². The molecular weight excluding hydrogens is 248 g/mol. The lowest BCUT2D eigenvalue weighted by Crippen LogP contribution is -2.31. The predicted octanol–water partition coefficient (Wildman–Crippen LogP) is 2.51. The Morgan fingerprint density at radius 3 is 2.77 bits per heavy atom. The Morgan fingerprint density at radius 2 is 2.31 bits per heavy atom. The van der Waals surface area contributed by atoms with Crippen molar-refractivity contribution in [1.82, 2.24) is 5.32 Å². The highest BCUT2D eigenvalue weighted by molar-refractivity contribution is 9.10. The van der Waals surface area contributed by atoms with Crippen LogP contribution in [0.2, 0.25) is 0 Å². The Morgan fingerprint density at radius 1 is 1.62 bits per heavy atom. The highest BCUT2D eigenvalue weighted by Gasteiger charge is 2.08. The Bertz CT molecular complexity index is 260. The molecule has 0 amide bonds. The molecule has 0 aromatic carbocycles. The zero-order chi connectivity index (χ0) is 9.84. The van der Waals surface area contributed by atoms with Crippen molar-refractivity contribution < 1.29 is 0 Å². The van der Waals surface area contributed by atoms with Gasteiger partial charge in [-0.3, -0.25) is 0 Å². The fourth-order valence-corrected chi connectivity index (χ4v) is 2.43. The molecule has 0 saturated carbocycles. The molecule has 74 valence electrons. The van der Waals surface area contributed by atoms with Crippen molar-refractivity contribution in [3.63, 3.8) is 0 Å². The molecule has 1 atom stereocenters. The van der Waals surface area contributed by atoms with Gasteiger partial charge in [0.05, 0.1) is 6.04 Å². The van der Waals surface area contributed by atoms with Gasteiger partial charge in [-0.2, -0.15) is 0 Å². The van der Waals surface area contributed by atoms with Gasteiger partial charge in [-0.15, -0.1) is 11.3 Å². The van der Waals surface area contributed by atoms with Crippen molar-refractivity contribution in [1.29, 1.82) is 0 Å². The highest BCUT2D eigenvalue weighted by atomic mass is 79.9. The number of rotatable bonds is 4. The van der Waals surface area contributed by atoms with Crippen LogP contribution in [0.1, 0.15) is 24.8 Å². The molecule has 0 aliphatic rings. The minimum atomic E-state index is 0.110.